The van der Waals surface area contributed by atoms with Gasteiger partial charge in [0.2, 0.25) is 0 Å². The zero-order valence-corrected chi connectivity index (χ0v) is 19.5. The molecule has 0 bridgehead atoms. The lowest BCUT2D eigenvalue weighted by Crippen LogP contribution is -2.22. The topological polar surface area (TPSA) is 86.9 Å². The quantitative estimate of drug-likeness (QED) is 0.464. The van der Waals surface area contributed by atoms with Crippen LogP contribution in [0.2, 0.25) is 0 Å². The third-order valence-corrected chi connectivity index (χ3v) is 5.09. The second kappa shape index (κ2) is 8.90. The molecule has 0 radical (unpaired) electrons. The number of nitrogens with one attached hydrogen (secondary N) is 1. The van der Waals surface area contributed by atoms with Crippen LogP contribution < -0.4 is 10.1 Å². The van der Waals surface area contributed by atoms with Gasteiger partial charge in [-0.25, -0.2) is 4.98 Å². The molecule has 1 N–H and O–H groups in total. The first kappa shape index (κ1) is 22.3. The summed E-state index contributed by atoms with van der Waals surface area (Å²) < 4.78 is 9.27. The van der Waals surface area contributed by atoms with Crippen LogP contribution in [0, 0.1) is 0 Å². The van der Waals surface area contributed by atoms with E-state index in [1.807, 2.05) is 88.0 Å². The minimum Gasteiger partial charge on any atom is -0.493 e. The number of carbonyl (C=O) groups excluding carboxylic acids is 1. The third-order valence-electron chi connectivity index (χ3n) is 5.09. The molecule has 8 nitrogen and oxygen atoms in total. The predicted molar refractivity (Wildman–Crippen MR) is 128 cm³/mol. The number of rotatable bonds is 6. The van der Waals surface area contributed by atoms with Gasteiger partial charge in [-0.2, -0.15) is 10.2 Å². The van der Waals surface area contributed by atoms with Crippen molar-refractivity contribution in [1.29, 1.82) is 0 Å². The average molecular weight is 445 g/mol. The molecule has 2 aromatic carbocycles. The van der Waals surface area contributed by atoms with E-state index in [0.29, 0.717) is 35.1 Å². The van der Waals surface area contributed by atoms with E-state index in [-0.39, 0.29) is 11.4 Å². The van der Waals surface area contributed by atoms with Gasteiger partial charge in [-0.1, -0.05) is 12.1 Å². The number of anilines is 1. The van der Waals surface area contributed by atoms with E-state index in [4.69, 9.17) is 9.84 Å². The van der Waals surface area contributed by atoms with Crippen LogP contribution in [0.15, 0.2) is 61.1 Å². The molecule has 0 unspecified atom stereocenters. The Morgan fingerprint density at radius 1 is 1.06 bits per heavy atom. The zero-order chi connectivity index (χ0) is 23.6. The molecule has 0 saturated carbocycles. The van der Waals surface area contributed by atoms with Crippen LogP contribution in [0.25, 0.3) is 22.6 Å². The fourth-order valence-corrected chi connectivity index (χ4v) is 3.40. The van der Waals surface area contributed by atoms with Crippen molar-refractivity contribution >= 4 is 11.6 Å². The molecule has 0 atom stereocenters. The Labute approximate surface area is 193 Å². The lowest BCUT2D eigenvalue weighted by Gasteiger charge is -2.18. The maximum absolute atomic E-state index is 13.3. The second-order valence-corrected chi connectivity index (χ2v) is 8.71. The number of hydrogen-bond donors (Lipinski definition) is 1. The van der Waals surface area contributed by atoms with Gasteiger partial charge in [0.15, 0.2) is 5.82 Å². The van der Waals surface area contributed by atoms with Crippen molar-refractivity contribution in [3.05, 3.63) is 66.6 Å². The molecular weight excluding hydrogens is 416 g/mol. The van der Waals surface area contributed by atoms with Gasteiger partial charge in [0.25, 0.3) is 5.91 Å². The van der Waals surface area contributed by atoms with Crippen LogP contribution in [0.3, 0.4) is 0 Å². The summed E-state index contributed by atoms with van der Waals surface area (Å²) in [5.74, 6) is 1.09. The summed E-state index contributed by atoms with van der Waals surface area (Å²) in [6.45, 7) is 8.59. The molecule has 0 aliphatic rings. The van der Waals surface area contributed by atoms with Gasteiger partial charge in [-0.05, 0) is 64.1 Å². The molecule has 170 valence electrons. The first-order valence-corrected chi connectivity index (χ1v) is 10.9. The Balaban J connectivity index is 1.66. The van der Waals surface area contributed by atoms with Gasteiger partial charge in [0.05, 0.1) is 17.7 Å². The lowest BCUT2D eigenvalue weighted by molar-refractivity contribution is 0.102. The minimum absolute atomic E-state index is 0.240. The Bertz CT molecular complexity index is 1260. The number of amides is 1. The van der Waals surface area contributed by atoms with Crippen LogP contribution >= 0.6 is 0 Å². The summed E-state index contributed by atoms with van der Waals surface area (Å²) in [5, 5.41) is 12.1. The third kappa shape index (κ3) is 4.79. The van der Waals surface area contributed by atoms with Crippen molar-refractivity contribution < 1.29 is 9.53 Å². The van der Waals surface area contributed by atoms with Crippen molar-refractivity contribution in [2.24, 2.45) is 7.05 Å². The smallest absolute Gasteiger partial charge is 0.259 e. The van der Waals surface area contributed by atoms with Crippen molar-refractivity contribution in [1.82, 2.24) is 24.5 Å². The van der Waals surface area contributed by atoms with E-state index in [1.54, 1.807) is 17.2 Å². The molecule has 4 rings (SSSR count). The van der Waals surface area contributed by atoms with Gasteiger partial charge >= 0.3 is 0 Å². The maximum Gasteiger partial charge on any atom is 0.259 e. The molecule has 0 aliphatic heterocycles. The van der Waals surface area contributed by atoms with Gasteiger partial charge in [0, 0.05) is 30.1 Å². The molecule has 0 fully saturated rings. The Hall–Kier alpha value is -3.94. The van der Waals surface area contributed by atoms with E-state index in [0.717, 1.165) is 11.1 Å². The molecule has 8 heteroatoms. The lowest BCUT2D eigenvalue weighted by atomic mass is 10.1. The van der Waals surface area contributed by atoms with E-state index in [2.05, 4.69) is 15.4 Å². The largest absolute Gasteiger partial charge is 0.493 e. The Kier molecular flexibility index (Phi) is 6.00. The summed E-state index contributed by atoms with van der Waals surface area (Å²) >= 11 is 0. The SMILES string of the molecule is CCOc1ccccc1-c1nn(C(C)(C)C)cc1C(=O)Nc1ccc(-c2ncn(C)n2)cc1. The minimum atomic E-state index is -0.287. The molecule has 4 aromatic rings. The Morgan fingerprint density at radius 3 is 2.42 bits per heavy atom. The maximum atomic E-state index is 13.3. The van der Waals surface area contributed by atoms with E-state index in [1.165, 1.54) is 0 Å². The zero-order valence-electron chi connectivity index (χ0n) is 19.5. The van der Waals surface area contributed by atoms with Gasteiger partial charge in [0.1, 0.15) is 17.8 Å². The summed E-state index contributed by atoms with van der Waals surface area (Å²) in [7, 11) is 1.82. The number of hydrogen-bond acceptors (Lipinski definition) is 5. The number of aryl methyl sites for hydroxylation is 1. The fraction of sp³-hybridized carbons (Fsp3) is 0.280. The van der Waals surface area contributed by atoms with Crippen LogP contribution in [-0.4, -0.2) is 37.1 Å². The van der Waals surface area contributed by atoms with E-state index in [9.17, 15) is 4.79 Å². The molecular formula is C25H28N6O2. The predicted octanol–water partition coefficient (Wildman–Crippen LogP) is 4.75. The number of nitrogens with zero attached hydrogens (tertiary/aromatic N) is 5. The van der Waals surface area contributed by atoms with E-state index < -0.39 is 0 Å². The van der Waals surface area contributed by atoms with Crippen molar-refractivity contribution in [2.75, 3.05) is 11.9 Å². The van der Waals surface area contributed by atoms with Gasteiger partial charge < -0.3 is 10.1 Å². The normalized spacial score (nSPS) is 11.4. The highest BCUT2D eigenvalue weighted by molar-refractivity contribution is 6.08. The standard InChI is InChI=1S/C25H28N6O2/c1-6-33-21-10-8-7-9-19(21)22-20(15-31(28-22)25(2,3)4)24(32)27-18-13-11-17(12-14-18)23-26-16-30(5)29-23/h7-16H,6H2,1-5H3,(H,27,32). The summed E-state index contributed by atoms with van der Waals surface area (Å²) in [4.78, 5) is 17.6. The fourth-order valence-electron chi connectivity index (χ4n) is 3.40. The molecule has 1 amide bonds. The highest BCUT2D eigenvalue weighted by Crippen LogP contribution is 2.33. The van der Waals surface area contributed by atoms with Crippen LogP contribution in [-0.2, 0) is 12.6 Å². The van der Waals surface area contributed by atoms with Gasteiger partial charge in [-0.15, -0.1) is 0 Å². The van der Waals surface area contributed by atoms with Crippen molar-refractivity contribution in [2.45, 2.75) is 33.2 Å². The number of aromatic nitrogens is 5. The molecule has 0 aliphatic carbocycles. The monoisotopic (exact) mass is 444 g/mol. The number of carbonyl (C=O) groups is 1. The van der Waals surface area contributed by atoms with Crippen molar-refractivity contribution in [3.8, 4) is 28.4 Å². The number of ether oxygens (including phenoxy) is 1. The summed E-state index contributed by atoms with van der Waals surface area (Å²) in [6, 6.07) is 15.1. The van der Waals surface area contributed by atoms with Crippen molar-refractivity contribution in [3.63, 3.8) is 0 Å². The molecule has 2 aromatic heterocycles. The highest BCUT2D eigenvalue weighted by atomic mass is 16.5. The van der Waals surface area contributed by atoms with Crippen LogP contribution in [0.1, 0.15) is 38.1 Å². The number of para-hydroxylation sites is 1. The molecule has 2 heterocycles. The van der Waals surface area contributed by atoms with Crippen LogP contribution in [0.5, 0.6) is 5.75 Å². The first-order chi connectivity index (χ1) is 15.8. The molecule has 33 heavy (non-hydrogen) atoms. The average Bonchev–Trinajstić information content (AvgIpc) is 3.42. The first-order valence-electron chi connectivity index (χ1n) is 10.9. The summed E-state index contributed by atoms with van der Waals surface area (Å²) in [5.41, 5.74) is 3.11. The summed E-state index contributed by atoms with van der Waals surface area (Å²) in [6.07, 6.45) is 3.44. The van der Waals surface area contributed by atoms with Gasteiger partial charge in [-0.3, -0.25) is 14.2 Å². The molecule has 0 spiro atoms. The highest BCUT2D eigenvalue weighted by Gasteiger charge is 2.24. The second-order valence-electron chi connectivity index (χ2n) is 8.71. The van der Waals surface area contributed by atoms with Crippen LogP contribution in [0.4, 0.5) is 5.69 Å². The van der Waals surface area contributed by atoms with E-state index >= 15 is 0 Å². The molecule has 0 saturated heterocycles. The number of benzene rings is 2. The Morgan fingerprint density at radius 2 is 1.79 bits per heavy atom.